The number of thiophene rings is 2. The van der Waals surface area contributed by atoms with Crippen molar-refractivity contribution in [3.05, 3.63) is 34.5 Å². The van der Waals surface area contributed by atoms with E-state index in [-0.39, 0.29) is 0 Å². The Morgan fingerprint density at radius 1 is 1.20 bits per heavy atom. The van der Waals surface area contributed by atoms with Crippen molar-refractivity contribution in [1.29, 1.82) is 0 Å². The molecule has 2 aromatic heterocycles. The van der Waals surface area contributed by atoms with Gasteiger partial charge in [0.25, 0.3) is 0 Å². The third kappa shape index (κ3) is 2.85. The molecule has 0 aromatic carbocycles. The summed E-state index contributed by atoms with van der Waals surface area (Å²) in [5.41, 5.74) is 0. The highest BCUT2D eigenvalue weighted by Gasteiger charge is 2.01. The van der Waals surface area contributed by atoms with Gasteiger partial charge < -0.3 is 0 Å². The van der Waals surface area contributed by atoms with Crippen LogP contribution >= 0.6 is 34.3 Å². The molecule has 0 N–H and O–H groups in total. The predicted molar refractivity (Wildman–Crippen MR) is 69.8 cm³/mol. The van der Waals surface area contributed by atoms with E-state index in [1.54, 1.807) is 22.7 Å². The van der Waals surface area contributed by atoms with Crippen molar-refractivity contribution in [2.45, 2.75) is 6.42 Å². The Balaban J connectivity index is 2.15. The number of rotatable bonds is 2. The number of hydrogen-bond acceptors (Lipinski definition) is 2. The van der Waals surface area contributed by atoms with E-state index in [1.165, 1.54) is 9.75 Å². The maximum absolute atomic E-state index is 5.56. The van der Waals surface area contributed by atoms with Gasteiger partial charge in [-0.2, -0.15) is 0 Å². The number of hydrogen-bond donors (Lipinski definition) is 0. The van der Waals surface area contributed by atoms with Gasteiger partial charge in [0, 0.05) is 22.1 Å². The molecule has 0 radical (unpaired) electrons. The van der Waals surface area contributed by atoms with Crippen molar-refractivity contribution >= 4 is 34.3 Å². The fourth-order valence-electron chi connectivity index (χ4n) is 1.15. The van der Waals surface area contributed by atoms with E-state index in [0.29, 0.717) is 5.88 Å². The van der Waals surface area contributed by atoms with E-state index in [4.69, 9.17) is 11.6 Å². The first-order valence-electron chi connectivity index (χ1n) is 4.58. The van der Waals surface area contributed by atoms with E-state index >= 15 is 0 Å². The van der Waals surface area contributed by atoms with Gasteiger partial charge in [0.1, 0.15) is 0 Å². The van der Waals surface area contributed by atoms with Gasteiger partial charge in [-0.15, -0.1) is 34.3 Å². The van der Waals surface area contributed by atoms with Crippen molar-refractivity contribution in [2.75, 3.05) is 5.88 Å². The van der Waals surface area contributed by atoms with Crippen molar-refractivity contribution in [1.82, 2.24) is 0 Å². The zero-order valence-electron chi connectivity index (χ0n) is 8.00. The van der Waals surface area contributed by atoms with Crippen LogP contribution in [0.1, 0.15) is 11.3 Å². The van der Waals surface area contributed by atoms with E-state index < -0.39 is 0 Å². The first-order valence-corrected chi connectivity index (χ1v) is 6.82. The topological polar surface area (TPSA) is 0 Å². The lowest BCUT2D eigenvalue weighted by Crippen LogP contribution is -1.66. The van der Waals surface area contributed by atoms with E-state index in [1.807, 2.05) is 0 Å². The molecule has 0 aliphatic carbocycles. The molecule has 0 nitrogen and oxygen atoms in total. The van der Waals surface area contributed by atoms with Crippen LogP contribution in [0.5, 0.6) is 0 Å². The van der Waals surface area contributed by atoms with Crippen molar-refractivity contribution in [3.8, 4) is 21.6 Å². The fraction of sp³-hybridized carbons (Fsp3) is 0.167. The minimum atomic E-state index is 0.607. The van der Waals surface area contributed by atoms with Crippen LogP contribution < -0.4 is 0 Å². The highest BCUT2D eigenvalue weighted by atomic mass is 35.5. The average molecular weight is 253 g/mol. The first kappa shape index (κ1) is 10.8. The monoisotopic (exact) mass is 252 g/mol. The molecule has 0 atom stereocenters. The Morgan fingerprint density at radius 3 is 2.87 bits per heavy atom. The fourth-order valence-corrected chi connectivity index (χ4v) is 2.96. The molecular weight excluding hydrogens is 244 g/mol. The highest BCUT2D eigenvalue weighted by Crippen LogP contribution is 2.30. The molecule has 0 saturated heterocycles. The molecule has 0 aliphatic heterocycles. The number of halogens is 1. The van der Waals surface area contributed by atoms with Crippen LogP contribution in [-0.2, 0) is 0 Å². The maximum atomic E-state index is 5.56. The maximum Gasteiger partial charge on any atom is 0.0775 e. The second kappa shape index (κ2) is 5.37. The molecule has 0 saturated carbocycles. The summed E-state index contributed by atoms with van der Waals surface area (Å²) in [7, 11) is 0. The van der Waals surface area contributed by atoms with E-state index in [9.17, 15) is 0 Å². The van der Waals surface area contributed by atoms with Crippen LogP contribution in [0, 0.1) is 11.8 Å². The standard InChI is InChI=1S/C12H9ClS2/c13-8-2-1-4-10-6-7-12(15-10)11-5-3-9-14-11/h3,5-7,9H,2,8H2. The van der Waals surface area contributed by atoms with Crippen LogP contribution in [0.3, 0.4) is 0 Å². The van der Waals surface area contributed by atoms with Crippen molar-refractivity contribution in [3.63, 3.8) is 0 Å². The Morgan fingerprint density at radius 2 is 2.13 bits per heavy atom. The Bertz CT molecular complexity index is 471. The van der Waals surface area contributed by atoms with E-state index in [0.717, 1.165) is 11.3 Å². The Labute approximate surface area is 103 Å². The molecule has 0 bridgehead atoms. The van der Waals surface area contributed by atoms with Crippen LogP contribution in [0.15, 0.2) is 29.6 Å². The van der Waals surface area contributed by atoms with Gasteiger partial charge in [-0.05, 0) is 23.6 Å². The van der Waals surface area contributed by atoms with E-state index in [2.05, 4.69) is 41.5 Å². The molecule has 15 heavy (non-hydrogen) atoms. The molecule has 0 aliphatic rings. The molecule has 0 amide bonds. The zero-order valence-corrected chi connectivity index (χ0v) is 10.4. The third-order valence-corrected chi connectivity index (χ3v) is 4.06. The highest BCUT2D eigenvalue weighted by molar-refractivity contribution is 7.21. The van der Waals surface area contributed by atoms with Gasteiger partial charge in [-0.3, -0.25) is 0 Å². The molecule has 2 rings (SSSR count). The molecule has 76 valence electrons. The molecule has 0 spiro atoms. The zero-order chi connectivity index (χ0) is 10.5. The minimum Gasteiger partial charge on any atom is -0.143 e. The molecule has 0 fully saturated rings. The van der Waals surface area contributed by atoms with Crippen molar-refractivity contribution < 1.29 is 0 Å². The summed E-state index contributed by atoms with van der Waals surface area (Å²) in [6.45, 7) is 0. The van der Waals surface area contributed by atoms with Crippen LogP contribution in [0.2, 0.25) is 0 Å². The van der Waals surface area contributed by atoms with Gasteiger partial charge in [-0.1, -0.05) is 17.9 Å². The quantitative estimate of drug-likeness (QED) is 0.547. The molecular formula is C12H9ClS2. The average Bonchev–Trinajstić information content (AvgIpc) is 2.87. The van der Waals surface area contributed by atoms with Gasteiger partial charge >= 0.3 is 0 Å². The second-order valence-electron chi connectivity index (χ2n) is 2.88. The molecule has 2 heterocycles. The Kier molecular flexibility index (Phi) is 3.85. The SMILES string of the molecule is ClCCC#Cc1ccc(-c2cccs2)s1. The molecule has 2 aromatic rings. The smallest absolute Gasteiger partial charge is 0.0775 e. The molecule has 0 unspecified atom stereocenters. The van der Waals surface area contributed by atoms with Crippen LogP contribution in [-0.4, -0.2) is 5.88 Å². The van der Waals surface area contributed by atoms with Crippen molar-refractivity contribution in [2.24, 2.45) is 0 Å². The predicted octanol–water partition coefficient (Wildman–Crippen LogP) is 4.46. The number of alkyl halides is 1. The Hall–Kier alpha value is -0.750. The first-order chi connectivity index (χ1) is 7.40. The summed E-state index contributed by atoms with van der Waals surface area (Å²) in [4.78, 5) is 3.72. The second-order valence-corrected chi connectivity index (χ2v) is 5.29. The lowest BCUT2D eigenvalue weighted by molar-refractivity contribution is 1.29. The largest absolute Gasteiger partial charge is 0.143 e. The van der Waals surface area contributed by atoms with Crippen LogP contribution in [0.4, 0.5) is 0 Å². The normalized spacial score (nSPS) is 9.67. The lowest BCUT2D eigenvalue weighted by Gasteiger charge is -1.86. The van der Waals surface area contributed by atoms with Gasteiger partial charge in [0.2, 0.25) is 0 Å². The summed E-state index contributed by atoms with van der Waals surface area (Å²) in [6, 6.07) is 8.40. The summed E-state index contributed by atoms with van der Waals surface area (Å²) in [6.07, 6.45) is 0.758. The van der Waals surface area contributed by atoms with Crippen LogP contribution in [0.25, 0.3) is 9.75 Å². The van der Waals surface area contributed by atoms with Gasteiger partial charge in [0.05, 0.1) is 4.88 Å². The molecule has 3 heteroatoms. The van der Waals surface area contributed by atoms with Gasteiger partial charge in [-0.25, -0.2) is 0 Å². The minimum absolute atomic E-state index is 0.607. The lowest BCUT2D eigenvalue weighted by atomic mass is 10.3. The third-order valence-electron chi connectivity index (χ3n) is 1.80. The summed E-state index contributed by atoms with van der Waals surface area (Å²) in [5, 5.41) is 2.09. The summed E-state index contributed by atoms with van der Waals surface area (Å²) < 4.78 is 0. The summed E-state index contributed by atoms with van der Waals surface area (Å²) >= 11 is 9.05. The summed E-state index contributed by atoms with van der Waals surface area (Å²) in [5.74, 6) is 6.77. The van der Waals surface area contributed by atoms with Gasteiger partial charge in [0.15, 0.2) is 0 Å².